The number of aliphatic carboxylic acids is 1. The lowest BCUT2D eigenvalue weighted by atomic mass is 9.50. The molecular formula is C22H30O3. The van der Waals surface area contributed by atoms with E-state index in [1.807, 2.05) is 6.08 Å². The van der Waals surface area contributed by atoms with E-state index in [1.54, 1.807) is 0 Å². The first-order valence-electron chi connectivity index (χ1n) is 9.10. The normalized spacial score (nSPS) is 46.2. The Balaban J connectivity index is 2.21. The molecule has 0 aromatic rings. The molecule has 3 nitrogen and oxygen atoms in total. The van der Waals surface area contributed by atoms with Crippen molar-refractivity contribution >= 4 is 5.97 Å². The fourth-order valence-corrected chi connectivity index (χ4v) is 6.20. The van der Waals surface area contributed by atoms with Crippen molar-refractivity contribution < 1.29 is 14.6 Å². The van der Waals surface area contributed by atoms with Crippen LogP contribution < -0.4 is 0 Å². The van der Waals surface area contributed by atoms with Crippen LogP contribution >= 0.6 is 0 Å². The molecule has 1 saturated heterocycles. The Kier molecular flexibility index (Phi) is 3.96. The van der Waals surface area contributed by atoms with E-state index >= 15 is 0 Å². The van der Waals surface area contributed by atoms with E-state index in [0.717, 1.165) is 0 Å². The number of rotatable bonds is 3. The molecule has 1 N–H and O–H groups in total. The van der Waals surface area contributed by atoms with Gasteiger partial charge < -0.3 is 9.84 Å². The molecule has 3 rings (SSSR count). The minimum Gasteiger partial charge on any atom is -0.478 e. The third-order valence-corrected chi connectivity index (χ3v) is 7.13. The van der Waals surface area contributed by atoms with Crippen molar-refractivity contribution in [3.8, 4) is 0 Å². The summed E-state index contributed by atoms with van der Waals surface area (Å²) in [6.45, 7) is 15.3. The fraction of sp³-hybridized carbons (Fsp3) is 0.591. The Morgan fingerprint density at radius 1 is 1.20 bits per heavy atom. The van der Waals surface area contributed by atoms with Crippen LogP contribution in [0, 0.1) is 22.2 Å². The van der Waals surface area contributed by atoms with Gasteiger partial charge in [0.2, 0.25) is 0 Å². The van der Waals surface area contributed by atoms with E-state index in [0.29, 0.717) is 0 Å². The summed E-state index contributed by atoms with van der Waals surface area (Å²) in [4.78, 5) is 11.1. The van der Waals surface area contributed by atoms with Crippen LogP contribution in [-0.2, 0) is 9.53 Å². The molecule has 6 unspecified atom stereocenters. The highest BCUT2D eigenvalue weighted by Gasteiger charge is 2.70. The van der Waals surface area contributed by atoms with Gasteiger partial charge in [-0.25, -0.2) is 4.79 Å². The molecule has 0 amide bonds. The molecule has 2 aliphatic carbocycles. The molecule has 0 aromatic heterocycles. The molecule has 0 spiro atoms. The summed E-state index contributed by atoms with van der Waals surface area (Å²) in [5.74, 6) is -0.670. The fourth-order valence-electron chi connectivity index (χ4n) is 6.20. The molecule has 0 saturated carbocycles. The Morgan fingerprint density at radius 3 is 2.40 bits per heavy atom. The summed E-state index contributed by atoms with van der Waals surface area (Å²) in [7, 11) is 0. The summed E-state index contributed by atoms with van der Waals surface area (Å²) in [5.41, 5.74) is 3.29. The number of carbonyl (C=O) groups is 1. The van der Waals surface area contributed by atoms with E-state index in [1.165, 1.54) is 22.8 Å². The first-order chi connectivity index (χ1) is 11.5. The molecule has 1 heterocycles. The molecule has 0 aromatic carbocycles. The van der Waals surface area contributed by atoms with Crippen LogP contribution in [-0.4, -0.2) is 23.3 Å². The van der Waals surface area contributed by atoms with E-state index in [9.17, 15) is 4.79 Å². The second-order valence-corrected chi connectivity index (χ2v) is 8.74. The zero-order valence-electron chi connectivity index (χ0n) is 16.4. The van der Waals surface area contributed by atoms with Crippen molar-refractivity contribution in [2.75, 3.05) is 0 Å². The summed E-state index contributed by atoms with van der Waals surface area (Å²) in [6, 6.07) is 0. The Hall–Kier alpha value is -1.61. The largest absolute Gasteiger partial charge is 0.478 e. The first kappa shape index (κ1) is 18.2. The van der Waals surface area contributed by atoms with Crippen molar-refractivity contribution in [1.29, 1.82) is 0 Å². The Labute approximate surface area is 151 Å². The van der Waals surface area contributed by atoms with Crippen LogP contribution in [0.15, 0.2) is 47.1 Å². The summed E-state index contributed by atoms with van der Waals surface area (Å²) in [6.07, 6.45) is 10.0. The third kappa shape index (κ3) is 2.18. The van der Waals surface area contributed by atoms with Gasteiger partial charge in [0.1, 0.15) is 0 Å². The maximum absolute atomic E-state index is 11.1. The average Bonchev–Trinajstić information content (AvgIpc) is 2.86. The van der Waals surface area contributed by atoms with E-state index < -0.39 is 5.97 Å². The molecule has 0 radical (unpaired) electrons. The van der Waals surface area contributed by atoms with Crippen LogP contribution in [0.5, 0.6) is 0 Å². The zero-order chi connectivity index (χ0) is 18.8. The zero-order valence-corrected chi connectivity index (χ0v) is 16.4. The van der Waals surface area contributed by atoms with Gasteiger partial charge in [0, 0.05) is 28.2 Å². The summed E-state index contributed by atoms with van der Waals surface area (Å²) in [5, 5.41) is 9.15. The van der Waals surface area contributed by atoms with Gasteiger partial charge >= 0.3 is 5.97 Å². The first-order valence-corrected chi connectivity index (χ1v) is 9.10. The van der Waals surface area contributed by atoms with Crippen molar-refractivity contribution in [2.24, 2.45) is 22.2 Å². The number of hydrogen-bond donors (Lipinski definition) is 1. The van der Waals surface area contributed by atoms with E-state index in [-0.39, 0.29) is 34.4 Å². The van der Waals surface area contributed by atoms with E-state index in [4.69, 9.17) is 9.84 Å². The highest BCUT2D eigenvalue weighted by atomic mass is 16.5. The topological polar surface area (TPSA) is 46.5 Å². The van der Waals surface area contributed by atoms with Crippen molar-refractivity contribution in [1.82, 2.24) is 0 Å². The molecule has 1 aliphatic heterocycles. The number of ether oxygens (including phenoxy) is 1. The maximum atomic E-state index is 11.1. The van der Waals surface area contributed by atoms with Gasteiger partial charge in [-0.2, -0.15) is 0 Å². The standard InChI is InChI=1S/C22H30O3/c1-8-13(2)18-21(6)12-14(3)17-20(5,10-9-16(23)24)11-15(4)19(25-18)22(17,21)7/h8-12,17-19H,1-7H3,(H,23,24)/b10-9+,13-8-. The van der Waals surface area contributed by atoms with Gasteiger partial charge in [-0.1, -0.05) is 50.6 Å². The minimum atomic E-state index is -0.896. The third-order valence-electron chi connectivity index (χ3n) is 7.13. The molecule has 1 fully saturated rings. The lowest BCUT2D eigenvalue weighted by Crippen LogP contribution is -2.51. The second kappa shape index (κ2) is 5.44. The average molecular weight is 342 g/mol. The van der Waals surface area contributed by atoms with Crippen molar-refractivity contribution in [2.45, 2.75) is 60.7 Å². The predicted molar refractivity (Wildman–Crippen MR) is 100 cm³/mol. The lowest BCUT2D eigenvalue weighted by Gasteiger charge is -2.52. The van der Waals surface area contributed by atoms with Crippen molar-refractivity contribution in [3.05, 3.63) is 47.1 Å². The van der Waals surface area contributed by atoms with Gasteiger partial charge in [0.15, 0.2) is 0 Å². The summed E-state index contributed by atoms with van der Waals surface area (Å²) >= 11 is 0. The lowest BCUT2D eigenvalue weighted by molar-refractivity contribution is -0.131. The van der Waals surface area contributed by atoms with Gasteiger partial charge in [0.05, 0.1) is 12.2 Å². The Bertz CT molecular complexity index is 740. The van der Waals surface area contributed by atoms with Gasteiger partial charge in [-0.15, -0.1) is 0 Å². The number of hydrogen-bond acceptors (Lipinski definition) is 2. The van der Waals surface area contributed by atoms with Gasteiger partial charge in [0.25, 0.3) is 0 Å². The Morgan fingerprint density at radius 2 is 1.84 bits per heavy atom. The number of carboxylic acids is 1. The van der Waals surface area contributed by atoms with Crippen LogP contribution in [0.4, 0.5) is 0 Å². The summed E-state index contributed by atoms with van der Waals surface area (Å²) < 4.78 is 6.62. The molecular weight excluding hydrogens is 312 g/mol. The van der Waals surface area contributed by atoms with Crippen LogP contribution in [0.25, 0.3) is 0 Å². The highest BCUT2D eigenvalue weighted by Crippen LogP contribution is 2.71. The molecule has 6 atom stereocenters. The molecule has 0 bridgehead atoms. The van der Waals surface area contributed by atoms with Crippen LogP contribution in [0.3, 0.4) is 0 Å². The SMILES string of the molecule is C/C=C(/C)C1OC2C(C)=CC(C)(/C=C/C(=O)O)C3C(C)=CC1(C)C23C. The van der Waals surface area contributed by atoms with Crippen molar-refractivity contribution in [3.63, 3.8) is 0 Å². The molecule has 3 aliphatic rings. The van der Waals surface area contributed by atoms with E-state index in [2.05, 4.69) is 66.7 Å². The highest BCUT2D eigenvalue weighted by molar-refractivity contribution is 5.80. The second-order valence-electron chi connectivity index (χ2n) is 8.74. The monoisotopic (exact) mass is 342 g/mol. The van der Waals surface area contributed by atoms with Gasteiger partial charge in [-0.05, 0) is 38.8 Å². The molecule has 3 heteroatoms. The number of allylic oxidation sites excluding steroid dienone is 4. The predicted octanol–water partition coefficient (Wildman–Crippen LogP) is 4.92. The molecule has 136 valence electrons. The quantitative estimate of drug-likeness (QED) is 0.585. The number of carboxylic acid groups (broad SMARTS) is 1. The van der Waals surface area contributed by atoms with Crippen LogP contribution in [0.2, 0.25) is 0 Å². The van der Waals surface area contributed by atoms with Crippen LogP contribution in [0.1, 0.15) is 48.5 Å². The maximum Gasteiger partial charge on any atom is 0.328 e. The van der Waals surface area contributed by atoms with Gasteiger partial charge in [-0.3, -0.25) is 0 Å². The molecule has 25 heavy (non-hydrogen) atoms. The minimum absolute atomic E-state index is 0.0570. The smallest absolute Gasteiger partial charge is 0.328 e.